The van der Waals surface area contributed by atoms with Crippen LogP contribution in [-0.4, -0.2) is 46.1 Å². The van der Waals surface area contributed by atoms with Crippen LogP contribution in [0.3, 0.4) is 0 Å². The van der Waals surface area contributed by atoms with Gasteiger partial charge in [0, 0.05) is 25.0 Å². The van der Waals surface area contributed by atoms with Gasteiger partial charge in [0.2, 0.25) is 5.91 Å². The first kappa shape index (κ1) is 20.9. The minimum absolute atomic E-state index is 0.0203. The molecule has 0 saturated carbocycles. The lowest BCUT2D eigenvalue weighted by atomic mass is 10.0. The van der Waals surface area contributed by atoms with Crippen LogP contribution in [0.25, 0.3) is 10.9 Å². The summed E-state index contributed by atoms with van der Waals surface area (Å²) < 4.78 is 27.7. The van der Waals surface area contributed by atoms with E-state index in [2.05, 4.69) is 4.98 Å². The van der Waals surface area contributed by atoms with Gasteiger partial charge in [0.25, 0.3) is 5.56 Å². The zero-order valence-electron chi connectivity index (χ0n) is 17.6. The quantitative estimate of drug-likeness (QED) is 0.595. The fourth-order valence-electron chi connectivity index (χ4n) is 5.20. The Kier molecular flexibility index (Phi) is 5.33. The lowest BCUT2D eigenvalue weighted by molar-refractivity contribution is -0.135. The van der Waals surface area contributed by atoms with Crippen LogP contribution in [0, 0.1) is 0 Å². The first-order chi connectivity index (χ1) is 15.4. The number of piperidine rings is 1. The number of sulfone groups is 1. The van der Waals surface area contributed by atoms with E-state index in [1.807, 2.05) is 11.0 Å². The molecular weight excluding hydrogens is 426 g/mol. The maximum atomic E-state index is 13.1. The van der Waals surface area contributed by atoms with Crippen molar-refractivity contribution in [3.05, 3.63) is 71.3 Å². The number of nitrogens with zero attached hydrogens (tertiary/aromatic N) is 3. The fraction of sp³-hybridized carbons (Fsp3) is 0.375. The molecule has 8 heteroatoms. The molecular formula is C24H25N3O4S. The van der Waals surface area contributed by atoms with Gasteiger partial charge in [-0.1, -0.05) is 30.3 Å². The molecule has 2 aliphatic rings. The first-order valence-electron chi connectivity index (χ1n) is 11.0. The number of hydrogen-bond donors (Lipinski definition) is 0. The SMILES string of the molecule is O=C(CCn1cnc2ccccc2c1=O)N1C2CCC1CC(S(=O)(=O)c1ccccc1)C2. The van der Waals surface area contributed by atoms with E-state index >= 15 is 0 Å². The monoisotopic (exact) mass is 451 g/mol. The zero-order chi connectivity index (χ0) is 22.3. The number of benzene rings is 2. The molecule has 3 heterocycles. The molecule has 1 amide bonds. The van der Waals surface area contributed by atoms with Crippen LogP contribution < -0.4 is 5.56 Å². The summed E-state index contributed by atoms with van der Waals surface area (Å²) in [6.07, 6.45) is 4.28. The summed E-state index contributed by atoms with van der Waals surface area (Å²) in [5.41, 5.74) is 0.485. The molecule has 0 spiro atoms. The van der Waals surface area contributed by atoms with Crippen molar-refractivity contribution in [1.29, 1.82) is 0 Å². The Balaban J connectivity index is 1.28. The number of hydrogen-bond acceptors (Lipinski definition) is 5. The number of aryl methyl sites for hydroxylation is 1. The molecule has 3 aromatic rings. The number of amides is 1. The molecule has 0 aliphatic carbocycles. The van der Waals surface area contributed by atoms with Gasteiger partial charge in [-0.2, -0.15) is 0 Å². The Morgan fingerprint density at radius 2 is 1.62 bits per heavy atom. The molecule has 2 fully saturated rings. The van der Waals surface area contributed by atoms with E-state index in [0.717, 1.165) is 12.8 Å². The highest BCUT2D eigenvalue weighted by atomic mass is 32.2. The summed E-state index contributed by atoms with van der Waals surface area (Å²) in [6, 6.07) is 15.6. The molecule has 5 rings (SSSR count). The Bertz CT molecular complexity index is 1310. The standard InChI is InChI=1S/C24H25N3O4S/c28-23(12-13-26-16-25-22-9-5-4-8-21(22)24(26)29)27-17-10-11-18(27)15-20(14-17)32(30,31)19-6-2-1-3-7-19/h1-9,16-18,20H,10-15H2. The first-order valence-corrected chi connectivity index (χ1v) is 12.5. The van der Waals surface area contributed by atoms with Gasteiger partial charge in [-0.15, -0.1) is 0 Å². The Hall–Kier alpha value is -3.00. The third-order valence-electron chi connectivity index (χ3n) is 6.79. The predicted octanol–water partition coefficient (Wildman–Crippen LogP) is 2.78. The van der Waals surface area contributed by atoms with Crippen molar-refractivity contribution in [2.24, 2.45) is 0 Å². The predicted molar refractivity (Wildman–Crippen MR) is 121 cm³/mol. The largest absolute Gasteiger partial charge is 0.337 e. The van der Waals surface area contributed by atoms with Gasteiger partial charge < -0.3 is 4.90 Å². The van der Waals surface area contributed by atoms with Crippen LogP contribution >= 0.6 is 0 Å². The number of fused-ring (bicyclic) bond motifs is 3. The summed E-state index contributed by atoms with van der Waals surface area (Å²) in [4.78, 5) is 32.3. The summed E-state index contributed by atoms with van der Waals surface area (Å²) in [7, 11) is -3.41. The van der Waals surface area contributed by atoms with E-state index in [4.69, 9.17) is 0 Å². The average molecular weight is 452 g/mol. The molecule has 32 heavy (non-hydrogen) atoms. The third-order valence-corrected chi connectivity index (χ3v) is 8.98. The highest BCUT2D eigenvalue weighted by molar-refractivity contribution is 7.92. The van der Waals surface area contributed by atoms with Gasteiger partial charge >= 0.3 is 0 Å². The Labute approximate surface area is 186 Å². The van der Waals surface area contributed by atoms with Gasteiger partial charge in [0.15, 0.2) is 9.84 Å². The molecule has 2 aromatic carbocycles. The minimum atomic E-state index is -3.41. The highest BCUT2D eigenvalue weighted by Gasteiger charge is 2.46. The van der Waals surface area contributed by atoms with Crippen molar-refractivity contribution in [3.63, 3.8) is 0 Å². The topological polar surface area (TPSA) is 89.3 Å². The normalized spacial score (nSPS) is 22.9. The van der Waals surface area contributed by atoms with Crippen LogP contribution in [0.4, 0.5) is 0 Å². The molecule has 2 atom stereocenters. The van der Waals surface area contributed by atoms with Gasteiger partial charge in [0.1, 0.15) is 0 Å². The number of rotatable bonds is 5. The van der Waals surface area contributed by atoms with Crippen molar-refractivity contribution < 1.29 is 13.2 Å². The van der Waals surface area contributed by atoms with Crippen molar-refractivity contribution in [1.82, 2.24) is 14.5 Å². The lowest BCUT2D eigenvalue weighted by Gasteiger charge is -2.38. The van der Waals surface area contributed by atoms with Gasteiger partial charge in [-0.05, 0) is 49.9 Å². The van der Waals surface area contributed by atoms with Gasteiger partial charge in [-0.25, -0.2) is 13.4 Å². The molecule has 2 bridgehead atoms. The lowest BCUT2D eigenvalue weighted by Crippen LogP contribution is -2.50. The van der Waals surface area contributed by atoms with Crippen molar-refractivity contribution in [3.8, 4) is 0 Å². The van der Waals surface area contributed by atoms with Crippen LogP contribution in [0.1, 0.15) is 32.1 Å². The second kappa shape index (κ2) is 8.16. The van der Waals surface area contributed by atoms with Gasteiger partial charge in [-0.3, -0.25) is 14.2 Å². The molecule has 0 radical (unpaired) electrons. The number of para-hydroxylation sites is 1. The zero-order valence-corrected chi connectivity index (χ0v) is 18.4. The summed E-state index contributed by atoms with van der Waals surface area (Å²) in [5.74, 6) is -0.0203. The smallest absolute Gasteiger partial charge is 0.261 e. The van der Waals surface area contributed by atoms with E-state index in [-0.39, 0.29) is 36.5 Å². The van der Waals surface area contributed by atoms with Gasteiger partial charge in [0.05, 0.1) is 27.4 Å². The van der Waals surface area contributed by atoms with Crippen molar-refractivity contribution in [2.75, 3.05) is 0 Å². The summed E-state index contributed by atoms with van der Waals surface area (Å²) in [5, 5.41) is 0.0770. The van der Waals surface area contributed by atoms with Crippen LogP contribution in [0.15, 0.2) is 70.6 Å². The molecule has 2 aliphatic heterocycles. The van der Waals surface area contributed by atoms with E-state index in [0.29, 0.717) is 28.6 Å². The molecule has 2 unspecified atom stereocenters. The molecule has 0 N–H and O–H groups in total. The second-order valence-corrected chi connectivity index (χ2v) is 10.9. The summed E-state index contributed by atoms with van der Waals surface area (Å²) >= 11 is 0. The maximum absolute atomic E-state index is 13.1. The van der Waals surface area contributed by atoms with E-state index in [1.54, 1.807) is 48.5 Å². The summed E-state index contributed by atoms with van der Waals surface area (Å²) in [6.45, 7) is 0.261. The Morgan fingerprint density at radius 3 is 2.34 bits per heavy atom. The minimum Gasteiger partial charge on any atom is -0.337 e. The highest BCUT2D eigenvalue weighted by Crippen LogP contribution is 2.40. The maximum Gasteiger partial charge on any atom is 0.261 e. The number of carbonyl (C=O) groups is 1. The van der Waals surface area contributed by atoms with Crippen LogP contribution in [0.2, 0.25) is 0 Å². The third kappa shape index (κ3) is 3.62. The van der Waals surface area contributed by atoms with E-state index in [9.17, 15) is 18.0 Å². The van der Waals surface area contributed by atoms with E-state index < -0.39 is 15.1 Å². The Morgan fingerprint density at radius 1 is 0.969 bits per heavy atom. The van der Waals surface area contributed by atoms with Crippen LogP contribution in [0.5, 0.6) is 0 Å². The van der Waals surface area contributed by atoms with E-state index in [1.165, 1.54) is 10.9 Å². The number of aromatic nitrogens is 2. The fourth-order valence-corrected chi connectivity index (χ4v) is 7.07. The van der Waals surface area contributed by atoms with Crippen LogP contribution in [-0.2, 0) is 21.2 Å². The molecule has 2 saturated heterocycles. The molecule has 7 nitrogen and oxygen atoms in total. The van der Waals surface area contributed by atoms with Crippen molar-refractivity contribution in [2.45, 2.75) is 60.9 Å². The second-order valence-electron chi connectivity index (χ2n) is 8.65. The molecule has 166 valence electrons. The number of carbonyl (C=O) groups excluding carboxylic acids is 1. The average Bonchev–Trinajstić information content (AvgIpc) is 3.08. The van der Waals surface area contributed by atoms with Crippen molar-refractivity contribution >= 4 is 26.6 Å². The molecule has 1 aromatic heterocycles.